The van der Waals surface area contributed by atoms with Crippen molar-refractivity contribution in [2.45, 2.75) is 76.5 Å². The summed E-state index contributed by atoms with van der Waals surface area (Å²) in [5, 5.41) is 12.4. The lowest BCUT2D eigenvalue weighted by molar-refractivity contribution is -0.137. The van der Waals surface area contributed by atoms with Crippen molar-refractivity contribution in [3.8, 4) is 0 Å². The molecule has 1 aromatic rings. The Labute approximate surface area is 179 Å². The molecule has 2 bridgehead atoms. The SMILES string of the molecule is O=C(O)CCCCCCC1C2CCC(O2)C1CCOC(=S)NCc1ccccc1. The number of rotatable bonds is 12. The first-order chi connectivity index (χ1) is 14.1. The topological polar surface area (TPSA) is 67.8 Å². The smallest absolute Gasteiger partial charge is 0.303 e. The van der Waals surface area contributed by atoms with Gasteiger partial charge in [-0.1, -0.05) is 49.6 Å². The van der Waals surface area contributed by atoms with Gasteiger partial charge in [0.25, 0.3) is 5.17 Å². The molecule has 0 spiro atoms. The molecule has 0 amide bonds. The summed E-state index contributed by atoms with van der Waals surface area (Å²) >= 11 is 5.31. The van der Waals surface area contributed by atoms with Crippen LogP contribution in [-0.2, 0) is 20.8 Å². The summed E-state index contributed by atoms with van der Waals surface area (Å²) in [6, 6.07) is 10.2. The Morgan fingerprint density at radius 1 is 1.07 bits per heavy atom. The van der Waals surface area contributed by atoms with Gasteiger partial charge in [0.15, 0.2) is 0 Å². The van der Waals surface area contributed by atoms with E-state index in [9.17, 15) is 4.79 Å². The van der Waals surface area contributed by atoms with Crippen molar-refractivity contribution < 1.29 is 19.4 Å². The summed E-state index contributed by atoms with van der Waals surface area (Å²) in [5.74, 6) is 0.482. The fourth-order valence-electron chi connectivity index (χ4n) is 4.79. The maximum atomic E-state index is 10.6. The van der Waals surface area contributed by atoms with E-state index in [1.807, 2.05) is 18.2 Å². The van der Waals surface area contributed by atoms with Crippen molar-refractivity contribution >= 4 is 23.4 Å². The van der Waals surface area contributed by atoms with Crippen LogP contribution in [0.15, 0.2) is 30.3 Å². The standard InChI is InChI=1S/C23H33NO4S/c25-22(26)11-7-2-1-6-10-18-19(21-13-12-20(18)28-21)14-15-27-23(29)24-16-17-8-4-3-5-9-17/h3-5,8-9,18-21H,1-2,6-7,10-16H2,(H,24,29)(H,25,26). The largest absolute Gasteiger partial charge is 0.481 e. The van der Waals surface area contributed by atoms with Crippen molar-refractivity contribution in [2.75, 3.05) is 6.61 Å². The molecule has 2 aliphatic rings. The Kier molecular flexibility index (Phi) is 8.74. The van der Waals surface area contributed by atoms with Crippen molar-refractivity contribution in [1.82, 2.24) is 5.32 Å². The van der Waals surface area contributed by atoms with Crippen molar-refractivity contribution in [3.63, 3.8) is 0 Å². The molecule has 160 valence electrons. The van der Waals surface area contributed by atoms with Gasteiger partial charge in [-0.15, -0.1) is 0 Å². The molecule has 2 aliphatic heterocycles. The highest BCUT2D eigenvalue weighted by atomic mass is 32.1. The van der Waals surface area contributed by atoms with Crippen LogP contribution in [0.1, 0.15) is 63.4 Å². The molecule has 1 aromatic carbocycles. The maximum Gasteiger partial charge on any atom is 0.303 e. The molecule has 6 heteroatoms. The van der Waals surface area contributed by atoms with E-state index in [1.54, 1.807) is 0 Å². The number of carboxylic acids is 1. The minimum atomic E-state index is -0.692. The fraction of sp³-hybridized carbons (Fsp3) is 0.652. The monoisotopic (exact) mass is 419 g/mol. The summed E-state index contributed by atoms with van der Waals surface area (Å²) in [6.07, 6.45) is 9.64. The summed E-state index contributed by atoms with van der Waals surface area (Å²) in [7, 11) is 0. The Hall–Kier alpha value is -1.66. The molecule has 2 N–H and O–H groups in total. The van der Waals surface area contributed by atoms with E-state index < -0.39 is 5.97 Å². The molecule has 0 aromatic heterocycles. The average Bonchev–Trinajstić information content (AvgIpc) is 3.32. The second kappa shape index (κ2) is 11.5. The number of benzene rings is 1. The van der Waals surface area contributed by atoms with Crippen LogP contribution in [0.25, 0.3) is 0 Å². The number of fused-ring (bicyclic) bond motifs is 2. The molecule has 3 rings (SSSR count). The average molecular weight is 420 g/mol. The summed E-state index contributed by atoms with van der Waals surface area (Å²) in [5.41, 5.74) is 1.18. The third-order valence-electron chi connectivity index (χ3n) is 6.23. The van der Waals surface area contributed by atoms with Crippen LogP contribution in [0.2, 0.25) is 0 Å². The van der Waals surface area contributed by atoms with Crippen LogP contribution in [0, 0.1) is 11.8 Å². The normalized spacial score (nSPS) is 25.1. The zero-order valence-corrected chi connectivity index (χ0v) is 17.9. The molecule has 0 saturated carbocycles. The van der Waals surface area contributed by atoms with Gasteiger partial charge in [0.1, 0.15) is 0 Å². The van der Waals surface area contributed by atoms with Gasteiger partial charge in [0, 0.05) is 13.0 Å². The Morgan fingerprint density at radius 2 is 1.76 bits per heavy atom. The predicted molar refractivity (Wildman–Crippen MR) is 117 cm³/mol. The summed E-state index contributed by atoms with van der Waals surface area (Å²) in [6.45, 7) is 1.31. The lowest BCUT2D eigenvalue weighted by atomic mass is 9.75. The molecular formula is C23H33NO4S. The highest BCUT2D eigenvalue weighted by Crippen LogP contribution is 2.47. The number of aliphatic carboxylic acids is 1. The number of carboxylic acid groups (broad SMARTS) is 1. The van der Waals surface area contributed by atoms with E-state index in [1.165, 1.54) is 24.8 Å². The first-order valence-electron chi connectivity index (χ1n) is 11.0. The van der Waals surface area contributed by atoms with Crippen LogP contribution in [0.5, 0.6) is 0 Å². The van der Waals surface area contributed by atoms with Crippen molar-refractivity contribution in [3.05, 3.63) is 35.9 Å². The van der Waals surface area contributed by atoms with E-state index in [2.05, 4.69) is 17.4 Å². The van der Waals surface area contributed by atoms with E-state index in [-0.39, 0.29) is 6.42 Å². The van der Waals surface area contributed by atoms with Gasteiger partial charge in [-0.3, -0.25) is 4.79 Å². The predicted octanol–water partition coefficient (Wildman–Crippen LogP) is 4.69. The Morgan fingerprint density at radius 3 is 2.48 bits per heavy atom. The van der Waals surface area contributed by atoms with Crippen molar-refractivity contribution in [2.24, 2.45) is 11.8 Å². The van der Waals surface area contributed by atoms with Gasteiger partial charge < -0.3 is 19.9 Å². The number of hydrogen-bond donors (Lipinski definition) is 2. The Bertz CT molecular complexity index is 654. The highest BCUT2D eigenvalue weighted by molar-refractivity contribution is 7.80. The van der Waals surface area contributed by atoms with Gasteiger partial charge >= 0.3 is 5.97 Å². The Balaban J connectivity index is 1.33. The number of ether oxygens (including phenoxy) is 2. The van der Waals surface area contributed by atoms with E-state index in [0.29, 0.717) is 42.4 Å². The minimum Gasteiger partial charge on any atom is -0.481 e. The zero-order chi connectivity index (χ0) is 20.5. The van der Waals surface area contributed by atoms with Crippen LogP contribution in [0.4, 0.5) is 0 Å². The van der Waals surface area contributed by atoms with Crippen LogP contribution in [-0.4, -0.2) is 35.1 Å². The molecule has 4 unspecified atom stereocenters. The molecule has 2 saturated heterocycles. The molecular weight excluding hydrogens is 386 g/mol. The first-order valence-corrected chi connectivity index (χ1v) is 11.4. The van der Waals surface area contributed by atoms with E-state index in [4.69, 9.17) is 26.8 Å². The van der Waals surface area contributed by atoms with Crippen LogP contribution < -0.4 is 5.32 Å². The fourth-order valence-corrected chi connectivity index (χ4v) is 4.94. The maximum absolute atomic E-state index is 10.6. The number of hydrogen-bond acceptors (Lipinski definition) is 4. The van der Waals surface area contributed by atoms with Crippen LogP contribution in [0.3, 0.4) is 0 Å². The summed E-state index contributed by atoms with van der Waals surface area (Å²) < 4.78 is 12.0. The minimum absolute atomic E-state index is 0.287. The lowest BCUT2D eigenvalue weighted by Crippen LogP contribution is -2.30. The van der Waals surface area contributed by atoms with Crippen LogP contribution >= 0.6 is 12.2 Å². The van der Waals surface area contributed by atoms with Gasteiger partial charge in [0.05, 0.1) is 18.8 Å². The van der Waals surface area contributed by atoms with Gasteiger partial charge in [-0.25, -0.2) is 0 Å². The highest BCUT2D eigenvalue weighted by Gasteiger charge is 2.47. The van der Waals surface area contributed by atoms with Gasteiger partial charge in [0.2, 0.25) is 0 Å². The van der Waals surface area contributed by atoms with Gasteiger partial charge in [-0.2, -0.15) is 0 Å². The molecule has 2 fully saturated rings. The second-order valence-corrected chi connectivity index (χ2v) is 8.60. The van der Waals surface area contributed by atoms with E-state index >= 15 is 0 Å². The number of thiocarbonyl (C=S) groups is 1. The number of nitrogens with one attached hydrogen (secondary N) is 1. The quantitative estimate of drug-likeness (QED) is 0.379. The first kappa shape index (κ1) is 22.0. The van der Waals surface area contributed by atoms with E-state index in [0.717, 1.165) is 32.1 Å². The second-order valence-electron chi connectivity index (χ2n) is 8.23. The van der Waals surface area contributed by atoms with Crippen molar-refractivity contribution in [1.29, 1.82) is 0 Å². The molecule has 5 nitrogen and oxygen atoms in total. The molecule has 4 atom stereocenters. The lowest BCUT2D eigenvalue weighted by Gasteiger charge is -2.28. The molecule has 2 heterocycles. The molecule has 0 aliphatic carbocycles. The number of unbranched alkanes of at least 4 members (excludes halogenated alkanes) is 3. The summed E-state index contributed by atoms with van der Waals surface area (Å²) in [4.78, 5) is 10.6. The third kappa shape index (κ3) is 6.96. The molecule has 0 radical (unpaired) electrons. The zero-order valence-electron chi connectivity index (χ0n) is 17.1. The third-order valence-corrected chi connectivity index (χ3v) is 6.49. The molecule has 29 heavy (non-hydrogen) atoms. The number of carbonyl (C=O) groups is 1. The van der Waals surface area contributed by atoms with Gasteiger partial charge in [-0.05, 0) is 61.7 Å².